The molecule has 0 spiro atoms. The maximum Gasteiger partial charge on any atom is 0.0366 e. The molecule has 20 heavy (non-hydrogen) atoms. The molecule has 1 heterocycles. The second-order valence-electron chi connectivity index (χ2n) is 6.98. The van der Waals surface area contributed by atoms with Crippen molar-refractivity contribution in [3.8, 4) is 0 Å². The smallest absolute Gasteiger partial charge is 0.0366 e. The fraction of sp³-hybridized carbons (Fsp3) is 0.667. The molecule has 1 saturated heterocycles. The first-order valence-electron chi connectivity index (χ1n) is 8.09. The molecule has 2 rings (SSSR count). The summed E-state index contributed by atoms with van der Waals surface area (Å²) in [5.41, 5.74) is 1.37. The molecule has 1 aromatic rings. The Balaban J connectivity index is 2.04. The highest BCUT2D eigenvalue weighted by Crippen LogP contribution is 2.27. The first-order chi connectivity index (χ1) is 9.56. The SMILES string of the molecule is CC(C)CNC1CC(C(C)C)CN(c2ccccc2)C1. The van der Waals surface area contributed by atoms with Crippen molar-refractivity contribution in [1.29, 1.82) is 0 Å². The molecule has 1 fully saturated rings. The Morgan fingerprint density at radius 1 is 1.10 bits per heavy atom. The summed E-state index contributed by atoms with van der Waals surface area (Å²) in [6.07, 6.45) is 1.31. The normalized spacial score (nSPS) is 23.6. The summed E-state index contributed by atoms with van der Waals surface area (Å²) in [6.45, 7) is 12.7. The van der Waals surface area contributed by atoms with Crippen molar-refractivity contribution in [1.82, 2.24) is 5.32 Å². The van der Waals surface area contributed by atoms with Crippen LogP contribution in [-0.2, 0) is 0 Å². The van der Waals surface area contributed by atoms with Crippen LogP contribution in [0.4, 0.5) is 5.69 Å². The number of piperidine rings is 1. The van der Waals surface area contributed by atoms with Crippen LogP contribution in [0.25, 0.3) is 0 Å². The van der Waals surface area contributed by atoms with Crippen LogP contribution in [0, 0.1) is 17.8 Å². The molecule has 2 atom stereocenters. The van der Waals surface area contributed by atoms with Gasteiger partial charge in [-0.2, -0.15) is 0 Å². The summed E-state index contributed by atoms with van der Waals surface area (Å²) in [5.74, 6) is 2.26. The number of hydrogen-bond acceptors (Lipinski definition) is 2. The van der Waals surface area contributed by atoms with Crippen LogP contribution in [0.3, 0.4) is 0 Å². The van der Waals surface area contributed by atoms with Crippen molar-refractivity contribution in [2.75, 3.05) is 24.5 Å². The first-order valence-corrected chi connectivity index (χ1v) is 8.09. The Morgan fingerprint density at radius 3 is 2.40 bits per heavy atom. The maximum absolute atomic E-state index is 3.76. The van der Waals surface area contributed by atoms with E-state index in [1.807, 2.05) is 0 Å². The molecule has 1 aromatic carbocycles. The molecule has 1 N–H and O–H groups in total. The zero-order chi connectivity index (χ0) is 14.5. The van der Waals surface area contributed by atoms with E-state index in [1.54, 1.807) is 0 Å². The molecule has 112 valence electrons. The van der Waals surface area contributed by atoms with E-state index in [2.05, 4.69) is 68.2 Å². The van der Waals surface area contributed by atoms with Gasteiger partial charge < -0.3 is 10.2 Å². The average Bonchev–Trinajstić information content (AvgIpc) is 2.45. The van der Waals surface area contributed by atoms with Gasteiger partial charge in [0, 0.05) is 24.8 Å². The summed E-state index contributed by atoms with van der Waals surface area (Å²) in [6, 6.07) is 11.5. The molecule has 1 aliphatic heterocycles. The van der Waals surface area contributed by atoms with Crippen molar-refractivity contribution in [3.05, 3.63) is 30.3 Å². The van der Waals surface area contributed by atoms with Crippen LogP contribution in [-0.4, -0.2) is 25.7 Å². The average molecular weight is 274 g/mol. The minimum absolute atomic E-state index is 0.624. The van der Waals surface area contributed by atoms with Crippen molar-refractivity contribution >= 4 is 5.69 Å². The number of para-hydroxylation sites is 1. The third-order valence-electron chi connectivity index (χ3n) is 4.36. The predicted molar refractivity (Wildman–Crippen MR) is 88.2 cm³/mol. The predicted octanol–water partition coefficient (Wildman–Crippen LogP) is 3.78. The minimum Gasteiger partial charge on any atom is -0.370 e. The lowest BCUT2D eigenvalue weighted by Gasteiger charge is -2.41. The highest BCUT2D eigenvalue weighted by atomic mass is 15.2. The summed E-state index contributed by atoms with van der Waals surface area (Å²) in [4.78, 5) is 2.56. The van der Waals surface area contributed by atoms with Crippen molar-refractivity contribution in [2.45, 2.75) is 40.2 Å². The van der Waals surface area contributed by atoms with Gasteiger partial charge in [0.05, 0.1) is 0 Å². The molecule has 2 unspecified atom stereocenters. The van der Waals surface area contributed by atoms with Gasteiger partial charge in [-0.1, -0.05) is 45.9 Å². The molecule has 0 saturated carbocycles. The summed E-state index contributed by atoms with van der Waals surface area (Å²) < 4.78 is 0. The van der Waals surface area contributed by atoms with Gasteiger partial charge >= 0.3 is 0 Å². The van der Waals surface area contributed by atoms with E-state index in [4.69, 9.17) is 0 Å². The standard InChI is InChI=1S/C18H30N2/c1-14(2)11-19-17-10-16(15(3)4)12-20(13-17)18-8-6-5-7-9-18/h5-9,14-17,19H,10-13H2,1-4H3. The Bertz CT molecular complexity index is 386. The molecule has 1 aliphatic rings. The molecule has 0 amide bonds. The molecule has 2 heteroatoms. The van der Waals surface area contributed by atoms with Crippen LogP contribution in [0.1, 0.15) is 34.1 Å². The van der Waals surface area contributed by atoms with Crippen LogP contribution in [0.2, 0.25) is 0 Å². The summed E-state index contributed by atoms with van der Waals surface area (Å²) in [5, 5.41) is 3.76. The van der Waals surface area contributed by atoms with Gasteiger partial charge in [-0.05, 0) is 42.9 Å². The van der Waals surface area contributed by atoms with Gasteiger partial charge in [-0.3, -0.25) is 0 Å². The van der Waals surface area contributed by atoms with Crippen LogP contribution in [0.5, 0.6) is 0 Å². The Kier molecular flexibility index (Phi) is 5.47. The van der Waals surface area contributed by atoms with Crippen molar-refractivity contribution in [2.24, 2.45) is 17.8 Å². The Labute approximate surface area is 124 Å². The van der Waals surface area contributed by atoms with Crippen molar-refractivity contribution < 1.29 is 0 Å². The molecule has 0 aliphatic carbocycles. The van der Waals surface area contributed by atoms with E-state index < -0.39 is 0 Å². The van der Waals surface area contributed by atoms with Gasteiger partial charge in [0.2, 0.25) is 0 Å². The number of benzene rings is 1. The highest BCUT2D eigenvalue weighted by Gasteiger charge is 2.28. The second kappa shape index (κ2) is 7.12. The molecule has 0 aromatic heterocycles. The largest absolute Gasteiger partial charge is 0.370 e. The fourth-order valence-corrected chi connectivity index (χ4v) is 3.02. The zero-order valence-electron chi connectivity index (χ0n) is 13.5. The van der Waals surface area contributed by atoms with Crippen LogP contribution >= 0.6 is 0 Å². The van der Waals surface area contributed by atoms with Crippen LogP contribution < -0.4 is 10.2 Å². The number of anilines is 1. The zero-order valence-corrected chi connectivity index (χ0v) is 13.5. The van der Waals surface area contributed by atoms with Crippen LogP contribution in [0.15, 0.2) is 30.3 Å². The van der Waals surface area contributed by atoms with E-state index in [1.165, 1.54) is 18.7 Å². The third kappa shape index (κ3) is 4.24. The molecular formula is C18H30N2. The monoisotopic (exact) mass is 274 g/mol. The van der Waals surface area contributed by atoms with Gasteiger partial charge in [-0.25, -0.2) is 0 Å². The van der Waals surface area contributed by atoms with Gasteiger partial charge in [0.1, 0.15) is 0 Å². The summed E-state index contributed by atoms with van der Waals surface area (Å²) in [7, 11) is 0. The number of nitrogens with zero attached hydrogens (tertiary/aromatic N) is 1. The first kappa shape index (κ1) is 15.4. The van der Waals surface area contributed by atoms with Gasteiger partial charge in [-0.15, -0.1) is 0 Å². The highest BCUT2D eigenvalue weighted by molar-refractivity contribution is 5.46. The van der Waals surface area contributed by atoms with E-state index in [9.17, 15) is 0 Å². The number of rotatable bonds is 5. The quantitative estimate of drug-likeness (QED) is 0.879. The van der Waals surface area contributed by atoms with E-state index in [-0.39, 0.29) is 0 Å². The third-order valence-corrected chi connectivity index (χ3v) is 4.36. The van der Waals surface area contributed by atoms with Gasteiger partial charge in [0.15, 0.2) is 0 Å². The molecule has 2 nitrogen and oxygen atoms in total. The van der Waals surface area contributed by atoms with E-state index in [0.717, 1.165) is 30.8 Å². The minimum atomic E-state index is 0.624. The Hall–Kier alpha value is -1.02. The topological polar surface area (TPSA) is 15.3 Å². The van der Waals surface area contributed by atoms with E-state index >= 15 is 0 Å². The molecule has 0 radical (unpaired) electrons. The van der Waals surface area contributed by atoms with Crippen molar-refractivity contribution in [3.63, 3.8) is 0 Å². The number of nitrogens with one attached hydrogen (secondary N) is 1. The molecule has 0 bridgehead atoms. The summed E-state index contributed by atoms with van der Waals surface area (Å²) >= 11 is 0. The number of hydrogen-bond donors (Lipinski definition) is 1. The molecular weight excluding hydrogens is 244 g/mol. The maximum atomic E-state index is 3.76. The lowest BCUT2D eigenvalue weighted by molar-refractivity contribution is 0.268. The second-order valence-corrected chi connectivity index (χ2v) is 6.98. The fourth-order valence-electron chi connectivity index (χ4n) is 3.02. The van der Waals surface area contributed by atoms with E-state index in [0.29, 0.717) is 6.04 Å². The lowest BCUT2D eigenvalue weighted by atomic mass is 9.85. The van der Waals surface area contributed by atoms with Gasteiger partial charge in [0.25, 0.3) is 0 Å². The lowest BCUT2D eigenvalue weighted by Crippen LogP contribution is -2.51. The Morgan fingerprint density at radius 2 is 1.80 bits per heavy atom.